The first kappa shape index (κ1) is 13.4. The van der Waals surface area contributed by atoms with Gasteiger partial charge in [0.1, 0.15) is 11.6 Å². The summed E-state index contributed by atoms with van der Waals surface area (Å²) < 4.78 is 25.9. The van der Waals surface area contributed by atoms with Crippen LogP contribution in [0.4, 0.5) is 8.78 Å². The largest absolute Gasteiger partial charge is 0.392 e. The number of hydrogen-bond donors (Lipinski definition) is 2. The summed E-state index contributed by atoms with van der Waals surface area (Å²) >= 11 is 0. The first-order chi connectivity index (χ1) is 8.65. The second-order valence-corrected chi connectivity index (χ2v) is 5.02. The molecule has 18 heavy (non-hydrogen) atoms. The van der Waals surface area contributed by atoms with E-state index in [0.29, 0.717) is 24.6 Å². The van der Waals surface area contributed by atoms with Crippen molar-refractivity contribution in [3.8, 4) is 0 Å². The second kappa shape index (κ2) is 6.25. The minimum atomic E-state index is -0.567. The molecule has 0 saturated heterocycles. The van der Waals surface area contributed by atoms with Gasteiger partial charge >= 0.3 is 0 Å². The van der Waals surface area contributed by atoms with Crippen LogP contribution >= 0.6 is 0 Å². The summed E-state index contributed by atoms with van der Waals surface area (Å²) in [4.78, 5) is 0. The van der Waals surface area contributed by atoms with Crippen molar-refractivity contribution in [2.24, 2.45) is 5.92 Å². The van der Waals surface area contributed by atoms with Crippen LogP contribution in [0.25, 0.3) is 0 Å². The molecule has 2 nitrogen and oxygen atoms in total. The SMILES string of the molecule is OC(CNCc1cc(F)cc(F)c1)C1CCCC1. The van der Waals surface area contributed by atoms with E-state index in [1.165, 1.54) is 25.0 Å². The smallest absolute Gasteiger partial charge is 0.126 e. The summed E-state index contributed by atoms with van der Waals surface area (Å²) in [6.07, 6.45) is 4.19. The van der Waals surface area contributed by atoms with Gasteiger partial charge in [-0.05, 0) is 36.5 Å². The summed E-state index contributed by atoms with van der Waals surface area (Å²) in [7, 11) is 0. The molecule has 1 aliphatic carbocycles. The molecule has 1 saturated carbocycles. The van der Waals surface area contributed by atoms with Crippen LogP contribution in [-0.2, 0) is 6.54 Å². The van der Waals surface area contributed by atoms with Crippen molar-refractivity contribution in [3.05, 3.63) is 35.4 Å². The van der Waals surface area contributed by atoms with E-state index in [2.05, 4.69) is 5.32 Å². The normalized spacial score (nSPS) is 18.2. The van der Waals surface area contributed by atoms with Crippen molar-refractivity contribution in [1.29, 1.82) is 0 Å². The van der Waals surface area contributed by atoms with Gasteiger partial charge in [0.15, 0.2) is 0 Å². The van der Waals surface area contributed by atoms with Crippen molar-refractivity contribution in [3.63, 3.8) is 0 Å². The standard InChI is InChI=1S/C14H19F2NO/c15-12-5-10(6-13(16)7-12)8-17-9-14(18)11-3-1-2-4-11/h5-7,11,14,17-18H,1-4,8-9H2. The van der Waals surface area contributed by atoms with Crippen LogP contribution in [0.5, 0.6) is 0 Å². The van der Waals surface area contributed by atoms with E-state index in [4.69, 9.17) is 0 Å². The van der Waals surface area contributed by atoms with Crippen LogP contribution in [0.2, 0.25) is 0 Å². The van der Waals surface area contributed by atoms with Gasteiger partial charge < -0.3 is 10.4 Å². The Morgan fingerprint density at radius 3 is 2.39 bits per heavy atom. The lowest BCUT2D eigenvalue weighted by Gasteiger charge is -2.18. The molecule has 4 heteroatoms. The Morgan fingerprint density at radius 1 is 1.17 bits per heavy atom. The average Bonchev–Trinajstić information content (AvgIpc) is 2.80. The molecule has 1 aliphatic rings. The molecule has 0 spiro atoms. The zero-order valence-corrected chi connectivity index (χ0v) is 10.3. The zero-order valence-electron chi connectivity index (χ0n) is 10.3. The molecule has 1 aromatic rings. The van der Waals surface area contributed by atoms with E-state index < -0.39 is 11.6 Å². The van der Waals surface area contributed by atoms with Crippen molar-refractivity contribution < 1.29 is 13.9 Å². The highest BCUT2D eigenvalue weighted by Crippen LogP contribution is 2.27. The number of benzene rings is 1. The Bertz CT molecular complexity index is 371. The van der Waals surface area contributed by atoms with E-state index in [9.17, 15) is 13.9 Å². The summed E-state index contributed by atoms with van der Waals surface area (Å²) in [5.41, 5.74) is 0.561. The van der Waals surface area contributed by atoms with Crippen LogP contribution in [0.3, 0.4) is 0 Å². The first-order valence-corrected chi connectivity index (χ1v) is 6.49. The molecule has 0 aliphatic heterocycles. The number of aliphatic hydroxyl groups excluding tert-OH is 1. The van der Waals surface area contributed by atoms with E-state index in [-0.39, 0.29) is 6.10 Å². The number of nitrogens with one attached hydrogen (secondary N) is 1. The third-order valence-corrected chi connectivity index (χ3v) is 3.55. The Morgan fingerprint density at radius 2 is 1.78 bits per heavy atom. The Labute approximate surface area is 106 Å². The minimum Gasteiger partial charge on any atom is -0.392 e. The van der Waals surface area contributed by atoms with Crippen molar-refractivity contribution >= 4 is 0 Å². The molecule has 2 rings (SSSR count). The molecular weight excluding hydrogens is 236 g/mol. The van der Waals surface area contributed by atoms with Crippen molar-refractivity contribution in [1.82, 2.24) is 5.32 Å². The molecule has 0 bridgehead atoms. The number of rotatable bonds is 5. The Balaban J connectivity index is 1.77. The van der Waals surface area contributed by atoms with E-state index in [1.54, 1.807) is 0 Å². The molecule has 0 radical (unpaired) electrons. The molecule has 1 unspecified atom stereocenters. The summed E-state index contributed by atoms with van der Waals surface area (Å²) in [6.45, 7) is 0.848. The predicted molar refractivity (Wildman–Crippen MR) is 66.0 cm³/mol. The lowest BCUT2D eigenvalue weighted by molar-refractivity contribution is 0.109. The lowest BCUT2D eigenvalue weighted by Crippen LogP contribution is -2.31. The van der Waals surface area contributed by atoms with Crippen LogP contribution < -0.4 is 5.32 Å². The van der Waals surface area contributed by atoms with Gasteiger partial charge in [0, 0.05) is 19.2 Å². The van der Waals surface area contributed by atoms with E-state index in [0.717, 1.165) is 18.9 Å². The molecule has 1 fully saturated rings. The van der Waals surface area contributed by atoms with Gasteiger partial charge in [0.25, 0.3) is 0 Å². The minimum absolute atomic E-state index is 0.356. The van der Waals surface area contributed by atoms with Crippen LogP contribution in [-0.4, -0.2) is 17.8 Å². The number of halogens is 2. The maximum absolute atomic E-state index is 12.9. The highest BCUT2D eigenvalue weighted by atomic mass is 19.1. The maximum Gasteiger partial charge on any atom is 0.126 e. The fourth-order valence-electron chi connectivity index (χ4n) is 2.59. The van der Waals surface area contributed by atoms with Gasteiger partial charge in [0.2, 0.25) is 0 Å². The zero-order chi connectivity index (χ0) is 13.0. The van der Waals surface area contributed by atoms with Gasteiger partial charge in [-0.1, -0.05) is 12.8 Å². The van der Waals surface area contributed by atoms with Crippen LogP contribution in [0.15, 0.2) is 18.2 Å². The van der Waals surface area contributed by atoms with Gasteiger partial charge in [-0.15, -0.1) is 0 Å². The van der Waals surface area contributed by atoms with Crippen LogP contribution in [0.1, 0.15) is 31.2 Å². The predicted octanol–water partition coefficient (Wildman–Crippen LogP) is 2.61. The highest BCUT2D eigenvalue weighted by Gasteiger charge is 2.22. The van der Waals surface area contributed by atoms with E-state index in [1.807, 2.05) is 0 Å². The molecule has 1 aromatic carbocycles. The Hall–Kier alpha value is -1.00. The van der Waals surface area contributed by atoms with Gasteiger partial charge in [0.05, 0.1) is 6.10 Å². The fourth-order valence-corrected chi connectivity index (χ4v) is 2.59. The van der Waals surface area contributed by atoms with E-state index >= 15 is 0 Å². The van der Waals surface area contributed by atoms with Crippen molar-refractivity contribution in [2.45, 2.75) is 38.3 Å². The van der Waals surface area contributed by atoms with Crippen LogP contribution in [0, 0.1) is 17.6 Å². The van der Waals surface area contributed by atoms with Gasteiger partial charge in [-0.3, -0.25) is 0 Å². The molecular formula is C14H19F2NO. The summed E-state index contributed by atoms with van der Waals surface area (Å²) in [5.74, 6) is -0.756. The third kappa shape index (κ3) is 3.75. The van der Waals surface area contributed by atoms with Crippen molar-refractivity contribution in [2.75, 3.05) is 6.54 Å². The summed E-state index contributed by atoms with van der Waals surface area (Å²) in [6, 6.07) is 3.47. The quantitative estimate of drug-likeness (QED) is 0.847. The number of aliphatic hydroxyl groups is 1. The molecule has 1 atom stereocenters. The molecule has 0 amide bonds. The Kier molecular flexibility index (Phi) is 4.66. The first-order valence-electron chi connectivity index (χ1n) is 6.49. The maximum atomic E-state index is 12.9. The lowest BCUT2D eigenvalue weighted by atomic mass is 10.0. The third-order valence-electron chi connectivity index (χ3n) is 3.55. The monoisotopic (exact) mass is 255 g/mol. The number of hydrogen-bond acceptors (Lipinski definition) is 2. The molecule has 2 N–H and O–H groups in total. The second-order valence-electron chi connectivity index (χ2n) is 5.02. The average molecular weight is 255 g/mol. The topological polar surface area (TPSA) is 32.3 Å². The summed E-state index contributed by atoms with van der Waals surface area (Å²) in [5, 5.41) is 13.0. The van der Waals surface area contributed by atoms with Gasteiger partial charge in [-0.25, -0.2) is 8.78 Å². The van der Waals surface area contributed by atoms with Gasteiger partial charge in [-0.2, -0.15) is 0 Å². The molecule has 0 heterocycles. The fraction of sp³-hybridized carbons (Fsp3) is 0.571. The molecule has 100 valence electrons. The highest BCUT2D eigenvalue weighted by molar-refractivity contribution is 5.17. The molecule has 0 aromatic heterocycles.